The first-order valence-corrected chi connectivity index (χ1v) is 8.99. The molecule has 5 heteroatoms. The molecule has 2 heterocycles. The van der Waals surface area contributed by atoms with Crippen molar-refractivity contribution in [1.29, 1.82) is 0 Å². The number of halogens is 1. The minimum absolute atomic E-state index is 0.137. The van der Waals surface area contributed by atoms with E-state index in [0.717, 1.165) is 31.5 Å². The molecule has 3 aliphatic rings. The number of nitrogens with two attached hydrogens (primary N) is 1. The number of benzene rings is 1. The summed E-state index contributed by atoms with van der Waals surface area (Å²) in [4.78, 5) is 15.5. The second kappa shape index (κ2) is 6.12. The average molecular weight is 332 g/mol. The molecule has 24 heavy (non-hydrogen) atoms. The van der Waals surface area contributed by atoms with Crippen molar-refractivity contribution in [2.24, 2.45) is 17.6 Å². The number of fused-ring (bicyclic) bond motifs is 1. The van der Waals surface area contributed by atoms with E-state index in [0.29, 0.717) is 37.9 Å². The van der Waals surface area contributed by atoms with Crippen LogP contribution in [0.2, 0.25) is 0 Å². The highest BCUT2D eigenvalue weighted by Crippen LogP contribution is 2.42. The third-order valence-electron chi connectivity index (χ3n) is 6.33. The molecule has 2 aliphatic heterocycles. The van der Waals surface area contributed by atoms with Crippen LogP contribution in [0.3, 0.4) is 0 Å². The second-order valence-electron chi connectivity index (χ2n) is 7.58. The first-order chi connectivity index (χ1) is 11.6. The maximum Gasteiger partial charge on any atom is 0.233 e. The van der Waals surface area contributed by atoms with Gasteiger partial charge in [-0.15, -0.1) is 0 Å². The molecule has 3 unspecified atom stereocenters. The van der Waals surface area contributed by atoms with Crippen LogP contribution >= 0.6 is 0 Å². The summed E-state index contributed by atoms with van der Waals surface area (Å²) in [6, 6.07) is 6.75. The molecule has 0 bridgehead atoms. The molecule has 2 N–H and O–H groups in total. The summed E-state index contributed by atoms with van der Waals surface area (Å²) < 4.78 is 19.3. The summed E-state index contributed by atoms with van der Waals surface area (Å²) >= 11 is 0. The van der Waals surface area contributed by atoms with E-state index in [2.05, 4.69) is 0 Å². The SMILES string of the molecule is NC1CCC2CN(C(=O)C3(c4cccc(F)c4)CCOCC3)CC12. The van der Waals surface area contributed by atoms with Gasteiger partial charge >= 0.3 is 0 Å². The largest absolute Gasteiger partial charge is 0.381 e. The molecule has 4 rings (SSSR count). The van der Waals surface area contributed by atoms with Gasteiger partial charge in [0.15, 0.2) is 0 Å². The number of nitrogens with zero attached hydrogens (tertiary/aromatic N) is 1. The summed E-state index contributed by atoms with van der Waals surface area (Å²) in [6.45, 7) is 2.64. The number of rotatable bonds is 2. The van der Waals surface area contributed by atoms with Gasteiger partial charge in [0.05, 0.1) is 5.41 Å². The summed E-state index contributed by atoms with van der Waals surface area (Å²) in [5.74, 6) is 0.816. The maximum atomic E-state index is 13.8. The van der Waals surface area contributed by atoms with Gasteiger partial charge in [-0.25, -0.2) is 4.39 Å². The molecule has 4 nitrogen and oxygen atoms in total. The van der Waals surface area contributed by atoms with E-state index in [9.17, 15) is 9.18 Å². The number of carbonyl (C=O) groups excluding carboxylic acids is 1. The van der Waals surface area contributed by atoms with Gasteiger partial charge < -0.3 is 15.4 Å². The van der Waals surface area contributed by atoms with E-state index in [1.165, 1.54) is 12.1 Å². The Morgan fingerprint density at radius 2 is 2.04 bits per heavy atom. The Morgan fingerprint density at radius 1 is 1.25 bits per heavy atom. The fourth-order valence-corrected chi connectivity index (χ4v) is 4.91. The number of amides is 1. The van der Waals surface area contributed by atoms with Crippen LogP contribution in [0, 0.1) is 17.7 Å². The zero-order valence-corrected chi connectivity index (χ0v) is 13.9. The van der Waals surface area contributed by atoms with Gasteiger partial charge in [0.1, 0.15) is 5.82 Å². The van der Waals surface area contributed by atoms with Crippen LogP contribution in [0.5, 0.6) is 0 Å². The van der Waals surface area contributed by atoms with Crippen LogP contribution < -0.4 is 5.73 Å². The molecule has 3 fully saturated rings. The smallest absolute Gasteiger partial charge is 0.233 e. The quantitative estimate of drug-likeness (QED) is 0.902. The molecular weight excluding hydrogens is 307 g/mol. The molecule has 130 valence electrons. The van der Waals surface area contributed by atoms with Crippen LogP contribution in [-0.2, 0) is 14.9 Å². The first kappa shape index (κ1) is 16.0. The molecule has 0 radical (unpaired) electrons. The minimum Gasteiger partial charge on any atom is -0.381 e. The lowest BCUT2D eigenvalue weighted by molar-refractivity contribution is -0.140. The number of hydrogen-bond acceptors (Lipinski definition) is 3. The summed E-state index contributed by atoms with van der Waals surface area (Å²) in [6.07, 6.45) is 3.42. The van der Waals surface area contributed by atoms with Crippen molar-refractivity contribution in [3.8, 4) is 0 Å². The predicted molar refractivity (Wildman–Crippen MR) is 88.9 cm³/mol. The normalized spacial score (nSPS) is 31.9. The Labute approximate surface area is 142 Å². The van der Waals surface area contributed by atoms with Gasteiger partial charge in [-0.2, -0.15) is 0 Å². The molecule has 0 spiro atoms. The van der Waals surface area contributed by atoms with E-state index in [1.54, 1.807) is 6.07 Å². The standard InChI is InChI=1S/C19H25FN2O2/c20-15-3-1-2-14(10-15)19(6-8-24-9-7-19)18(23)22-11-13-4-5-17(21)16(13)12-22/h1-3,10,13,16-17H,4-9,11-12,21H2. The lowest BCUT2D eigenvalue weighted by atomic mass is 9.73. The molecule has 1 amide bonds. The Kier molecular flexibility index (Phi) is 4.09. The van der Waals surface area contributed by atoms with Crippen molar-refractivity contribution in [3.63, 3.8) is 0 Å². The molecule has 0 aromatic heterocycles. The Balaban J connectivity index is 1.63. The highest BCUT2D eigenvalue weighted by Gasteiger charge is 2.49. The maximum absolute atomic E-state index is 13.8. The topological polar surface area (TPSA) is 55.6 Å². The highest BCUT2D eigenvalue weighted by atomic mass is 19.1. The lowest BCUT2D eigenvalue weighted by Crippen LogP contribution is -2.49. The number of likely N-dealkylation sites (tertiary alicyclic amines) is 1. The monoisotopic (exact) mass is 332 g/mol. The molecule has 1 aromatic carbocycles. The van der Waals surface area contributed by atoms with E-state index in [1.807, 2.05) is 11.0 Å². The van der Waals surface area contributed by atoms with Crippen LogP contribution in [0.25, 0.3) is 0 Å². The Morgan fingerprint density at radius 3 is 2.75 bits per heavy atom. The van der Waals surface area contributed by atoms with Gasteiger partial charge in [0, 0.05) is 32.3 Å². The third kappa shape index (κ3) is 2.54. The van der Waals surface area contributed by atoms with Crippen LogP contribution in [0.15, 0.2) is 24.3 Å². The van der Waals surface area contributed by atoms with Gasteiger partial charge in [-0.05, 0) is 55.2 Å². The van der Waals surface area contributed by atoms with Crippen molar-refractivity contribution in [3.05, 3.63) is 35.6 Å². The number of ether oxygens (including phenoxy) is 1. The summed E-state index contributed by atoms with van der Waals surface area (Å²) in [5.41, 5.74) is 6.36. The Bertz CT molecular complexity index is 630. The van der Waals surface area contributed by atoms with Crippen molar-refractivity contribution in [1.82, 2.24) is 4.90 Å². The van der Waals surface area contributed by atoms with E-state index in [-0.39, 0.29) is 17.8 Å². The van der Waals surface area contributed by atoms with Gasteiger partial charge in [0.2, 0.25) is 5.91 Å². The van der Waals surface area contributed by atoms with Crippen molar-refractivity contribution in [2.75, 3.05) is 26.3 Å². The molecule has 1 aromatic rings. The second-order valence-corrected chi connectivity index (χ2v) is 7.58. The minimum atomic E-state index is -0.650. The zero-order chi connectivity index (χ0) is 16.7. The third-order valence-corrected chi connectivity index (χ3v) is 6.33. The fourth-order valence-electron chi connectivity index (χ4n) is 4.91. The highest BCUT2D eigenvalue weighted by molar-refractivity contribution is 5.88. The van der Waals surface area contributed by atoms with Crippen molar-refractivity contribution < 1.29 is 13.9 Å². The zero-order valence-electron chi connectivity index (χ0n) is 13.9. The van der Waals surface area contributed by atoms with Gasteiger partial charge in [0.25, 0.3) is 0 Å². The number of hydrogen-bond donors (Lipinski definition) is 1. The van der Waals surface area contributed by atoms with E-state index < -0.39 is 5.41 Å². The number of carbonyl (C=O) groups is 1. The average Bonchev–Trinajstić information content (AvgIpc) is 3.17. The fraction of sp³-hybridized carbons (Fsp3) is 0.632. The molecule has 2 saturated heterocycles. The molecule has 1 saturated carbocycles. The molecule has 1 aliphatic carbocycles. The van der Waals surface area contributed by atoms with Crippen LogP contribution in [0.1, 0.15) is 31.2 Å². The van der Waals surface area contributed by atoms with Crippen LogP contribution in [0.4, 0.5) is 4.39 Å². The van der Waals surface area contributed by atoms with Crippen molar-refractivity contribution in [2.45, 2.75) is 37.1 Å². The summed E-state index contributed by atoms with van der Waals surface area (Å²) in [7, 11) is 0. The predicted octanol–water partition coefficient (Wildman–Crippen LogP) is 2.07. The first-order valence-electron chi connectivity index (χ1n) is 8.99. The van der Waals surface area contributed by atoms with Crippen molar-refractivity contribution >= 4 is 5.91 Å². The lowest BCUT2D eigenvalue weighted by Gasteiger charge is -2.39. The molecule has 3 atom stereocenters. The summed E-state index contributed by atoms with van der Waals surface area (Å²) in [5, 5.41) is 0. The van der Waals surface area contributed by atoms with E-state index >= 15 is 0 Å². The Hall–Kier alpha value is -1.46. The van der Waals surface area contributed by atoms with Crippen LogP contribution in [-0.4, -0.2) is 43.2 Å². The van der Waals surface area contributed by atoms with Gasteiger partial charge in [-0.1, -0.05) is 12.1 Å². The molecular formula is C19H25FN2O2. The van der Waals surface area contributed by atoms with Gasteiger partial charge in [-0.3, -0.25) is 4.79 Å². The van der Waals surface area contributed by atoms with E-state index in [4.69, 9.17) is 10.5 Å².